The molecule has 3 aliphatic rings. The third-order valence-electron chi connectivity index (χ3n) is 6.94. The highest BCUT2D eigenvalue weighted by Gasteiger charge is 2.47. The van der Waals surface area contributed by atoms with Gasteiger partial charge in [0.2, 0.25) is 0 Å². The minimum absolute atomic E-state index is 0.120. The molecule has 0 aromatic carbocycles. The first kappa shape index (κ1) is 19.8. The first-order chi connectivity index (χ1) is 14.4. The molecular formula is C23H31N5O2. The molecule has 7 nitrogen and oxygen atoms in total. The Morgan fingerprint density at radius 2 is 1.77 bits per heavy atom. The molecule has 0 amide bonds. The van der Waals surface area contributed by atoms with E-state index in [0.29, 0.717) is 43.3 Å². The largest absolute Gasteiger partial charge is 0.388 e. The third kappa shape index (κ3) is 3.93. The minimum atomic E-state index is -0.876. The van der Waals surface area contributed by atoms with E-state index in [-0.39, 0.29) is 5.56 Å². The van der Waals surface area contributed by atoms with Gasteiger partial charge >= 0.3 is 0 Å². The summed E-state index contributed by atoms with van der Waals surface area (Å²) in [7, 11) is 0. The molecule has 30 heavy (non-hydrogen) atoms. The first-order valence-corrected chi connectivity index (χ1v) is 11.3. The molecule has 1 unspecified atom stereocenters. The summed E-state index contributed by atoms with van der Waals surface area (Å²) in [6.45, 7) is 5.31. The van der Waals surface area contributed by atoms with Crippen molar-refractivity contribution < 1.29 is 5.11 Å². The maximum atomic E-state index is 12.4. The number of aliphatic hydroxyl groups is 1. The normalized spacial score (nSPS) is 28.9. The second-order valence-electron chi connectivity index (χ2n) is 9.82. The lowest BCUT2D eigenvalue weighted by Gasteiger charge is -2.43. The summed E-state index contributed by atoms with van der Waals surface area (Å²) in [5.41, 5.74) is 1.12. The van der Waals surface area contributed by atoms with E-state index in [2.05, 4.69) is 33.8 Å². The Bertz CT molecular complexity index is 952. The van der Waals surface area contributed by atoms with Crippen LogP contribution in [0.15, 0.2) is 29.3 Å². The van der Waals surface area contributed by atoms with Gasteiger partial charge in [-0.2, -0.15) is 5.10 Å². The van der Waals surface area contributed by atoms with Crippen LogP contribution in [-0.4, -0.2) is 47.4 Å². The zero-order chi connectivity index (χ0) is 20.9. The van der Waals surface area contributed by atoms with E-state index in [9.17, 15) is 9.90 Å². The predicted molar refractivity (Wildman–Crippen MR) is 113 cm³/mol. The fourth-order valence-electron chi connectivity index (χ4n) is 5.21. The molecule has 2 bridgehead atoms. The van der Waals surface area contributed by atoms with Gasteiger partial charge in [0.15, 0.2) is 0 Å². The van der Waals surface area contributed by atoms with E-state index >= 15 is 0 Å². The van der Waals surface area contributed by atoms with Crippen molar-refractivity contribution in [1.82, 2.24) is 24.6 Å². The number of rotatable bonds is 6. The molecule has 7 heteroatoms. The fourth-order valence-corrected chi connectivity index (χ4v) is 5.21. The molecule has 2 aromatic rings. The molecular weight excluding hydrogens is 378 g/mol. The van der Waals surface area contributed by atoms with Crippen LogP contribution in [0, 0.1) is 0 Å². The first-order valence-electron chi connectivity index (χ1n) is 11.3. The molecule has 1 aliphatic carbocycles. The molecule has 160 valence electrons. The summed E-state index contributed by atoms with van der Waals surface area (Å²) in [5, 5.41) is 16.0. The highest BCUT2D eigenvalue weighted by molar-refractivity contribution is 5.13. The summed E-state index contributed by atoms with van der Waals surface area (Å²) in [4.78, 5) is 23.9. The second-order valence-corrected chi connectivity index (χ2v) is 9.82. The van der Waals surface area contributed by atoms with E-state index < -0.39 is 5.60 Å². The van der Waals surface area contributed by atoms with Crippen molar-refractivity contribution >= 4 is 0 Å². The number of fused-ring (bicyclic) bond motifs is 2. The van der Waals surface area contributed by atoms with Crippen LogP contribution >= 0.6 is 0 Å². The smallest absolute Gasteiger partial charge is 0.266 e. The highest BCUT2D eigenvalue weighted by atomic mass is 16.3. The Balaban J connectivity index is 1.29. The minimum Gasteiger partial charge on any atom is -0.388 e. The van der Waals surface area contributed by atoms with Crippen molar-refractivity contribution in [1.29, 1.82) is 0 Å². The Labute approximate surface area is 177 Å². The van der Waals surface area contributed by atoms with Gasteiger partial charge in [0.25, 0.3) is 5.56 Å². The SMILES string of the molecule is CC(C)c1ncc(CN2[C@@H]3CC[C@H]2CC(O)(Cn2nc(C4CC4)ccc2=O)C3)cn1. The third-order valence-corrected chi connectivity index (χ3v) is 6.94. The van der Waals surface area contributed by atoms with Crippen LogP contribution in [0.25, 0.3) is 0 Å². The summed E-state index contributed by atoms with van der Waals surface area (Å²) >= 11 is 0. The monoisotopic (exact) mass is 409 g/mol. The Morgan fingerprint density at radius 1 is 1.10 bits per heavy atom. The molecule has 2 aliphatic heterocycles. The molecule has 0 radical (unpaired) electrons. The number of piperidine rings is 1. The van der Waals surface area contributed by atoms with E-state index in [1.54, 1.807) is 6.07 Å². The summed E-state index contributed by atoms with van der Waals surface area (Å²) < 4.78 is 1.50. The average Bonchev–Trinajstić information content (AvgIpc) is 3.52. The molecule has 1 saturated carbocycles. The van der Waals surface area contributed by atoms with Crippen LogP contribution in [0.4, 0.5) is 0 Å². The maximum Gasteiger partial charge on any atom is 0.266 e. The number of hydrogen-bond donors (Lipinski definition) is 1. The zero-order valence-electron chi connectivity index (χ0n) is 17.9. The lowest BCUT2D eigenvalue weighted by atomic mass is 9.85. The van der Waals surface area contributed by atoms with Gasteiger partial charge in [0, 0.05) is 54.5 Å². The topological polar surface area (TPSA) is 84.1 Å². The van der Waals surface area contributed by atoms with Gasteiger partial charge in [0.05, 0.1) is 17.8 Å². The Kier molecular flexibility index (Phi) is 4.98. The molecule has 3 fully saturated rings. The molecule has 2 saturated heterocycles. The lowest BCUT2D eigenvalue weighted by molar-refractivity contribution is -0.0678. The molecule has 2 aromatic heterocycles. The maximum absolute atomic E-state index is 12.4. The average molecular weight is 410 g/mol. The van der Waals surface area contributed by atoms with Crippen molar-refractivity contribution in [2.75, 3.05) is 0 Å². The van der Waals surface area contributed by atoms with Crippen molar-refractivity contribution in [2.45, 2.75) is 95.0 Å². The molecule has 5 rings (SSSR count). The van der Waals surface area contributed by atoms with E-state index in [1.165, 1.54) is 4.68 Å². The van der Waals surface area contributed by atoms with Gasteiger partial charge in [0.1, 0.15) is 5.82 Å². The van der Waals surface area contributed by atoms with E-state index in [1.807, 2.05) is 18.5 Å². The lowest BCUT2D eigenvalue weighted by Crippen LogP contribution is -2.53. The van der Waals surface area contributed by atoms with Crippen molar-refractivity contribution in [3.63, 3.8) is 0 Å². The molecule has 3 atom stereocenters. The second kappa shape index (κ2) is 7.54. The van der Waals surface area contributed by atoms with Crippen LogP contribution in [0.1, 0.15) is 81.3 Å². The van der Waals surface area contributed by atoms with Gasteiger partial charge in [-0.1, -0.05) is 13.8 Å². The van der Waals surface area contributed by atoms with Crippen LogP contribution in [-0.2, 0) is 13.1 Å². The van der Waals surface area contributed by atoms with Crippen LogP contribution in [0.3, 0.4) is 0 Å². The van der Waals surface area contributed by atoms with E-state index in [4.69, 9.17) is 0 Å². The Morgan fingerprint density at radius 3 is 2.37 bits per heavy atom. The van der Waals surface area contributed by atoms with Crippen molar-refractivity contribution in [3.05, 3.63) is 52.0 Å². The van der Waals surface area contributed by atoms with Gasteiger partial charge in [-0.25, -0.2) is 14.6 Å². The van der Waals surface area contributed by atoms with Gasteiger partial charge in [-0.15, -0.1) is 0 Å². The highest BCUT2D eigenvalue weighted by Crippen LogP contribution is 2.42. The standard InChI is InChI=1S/C23H31N5O2/c1-15(2)22-24-11-16(12-25-22)13-27-18-5-6-19(27)10-23(30,9-18)14-28-21(29)8-7-20(26-28)17-3-4-17/h7-8,11-12,15,17-19,30H,3-6,9-10,13-14H2,1-2H3/t18-,19+,23?. The van der Waals surface area contributed by atoms with Gasteiger partial charge in [-0.05, 0) is 44.6 Å². The van der Waals surface area contributed by atoms with Gasteiger partial charge in [-0.3, -0.25) is 9.69 Å². The molecule has 0 spiro atoms. The summed E-state index contributed by atoms with van der Waals surface area (Å²) in [6.07, 6.45) is 9.70. The fraction of sp³-hybridized carbons (Fsp3) is 0.652. The number of nitrogens with zero attached hydrogens (tertiary/aromatic N) is 5. The summed E-state index contributed by atoms with van der Waals surface area (Å²) in [6, 6.07) is 4.09. The quantitative estimate of drug-likeness (QED) is 0.790. The van der Waals surface area contributed by atoms with E-state index in [0.717, 1.165) is 49.3 Å². The van der Waals surface area contributed by atoms with Gasteiger partial charge < -0.3 is 5.11 Å². The zero-order valence-corrected chi connectivity index (χ0v) is 17.9. The number of hydrogen-bond acceptors (Lipinski definition) is 6. The molecule has 1 N–H and O–H groups in total. The summed E-state index contributed by atoms with van der Waals surface area (Å²) in [5.74, 6) is 1.70. The van der Waals surface area contributed by atoms with Crippen molar-refractivity contribution in [2.24, 2.45) is 0 Å². The van der Waals surface area contributed by atoms with Crippen molar-refractivity contribution in [3.8, 4) is 0 Å². The van der Waals surface area contributed by atoms with Crippen LogP contribution < -0.4 is 5.56 Å². The number of aromatic nitrogens is 4. The Hall–Kier alpha value is -2.12. The predicted octanol–water partition coefficient (Wildman–Crippen LogP) is 2.59. The molecule has 4 heterocycles. The van der Waals surface area contributed by atoms with Crippen LogP contribution in [0.2, 0.25) is 0 Å². The van der Waals surface area contributed by atoms with Crippen LogP contribution in [0.5, 0.6) is 0 Å².